The Morgan fingerprint density at radius 1 is 1.12 bits per heavy atom. The molecule has 1 fully saturated rings. The molecule has 0 N–H and O–H groups in total. The molecular formula is C19H20ClN3O3. The fraction of sp³-hybridized carbons (Fsp3) is 0.316. The van der Waals surface area contributed by atoms with Gasteiger partial charge >= 0.3 is 5.97 Å². The van der Waals surface area contributed by atoms with Gasteiger partial charge < -0.3 is 9.64 Å². The van der Waals surface area contributed by atoms with Gasteiger partial charge in [-0.25, -0.2) is 4.79 Å². The molecule has 7 heteroatoms. The standard InChI is InChI=1S/C19H20ClN3O3/c1-26-19(25)17(15-3-2-8-21-13-15)22-9-11-23(12-10-22)18(24)14-4-6-16(20)7-5-14/h2-8,13,17H,9-12H2,1H3. The molecule has 0 spiro atoms. The molecule has 26 heavy (non-hydrogen) atoms. The van der Waals surface area contributed by atoms with E-state index in [9.17, 15) is 9.59 Å². The number of halogens is 1. The van der Waals surface area contributed by atoms with Crippen molar-refractivity contribution >= 4 is 23.5 Å². The quantitative estimate of drug-likeness (QED) is 0.770. The highest BCUT2D eigenvalue weighted by Gasteiger charge is 2.32. The number of carbonyl (C=O) groups excluding carboxylic acids is 2. The number of esters is 1. The van der Waals surface area contributed by atoms with E-state index < -0.39 is 6.04 Å². The Morgan fingerprint density at radius 2 is 1.81 bits per heavy atom. The number of amides is 1. The molecule has 3 rings (SSSR count). The monoisotopic (exact) mass is 373 g/mol. The van der Waals surface area contributed by atoms with Crippen LogP contribution in [0.4, 0.5) is 0 Å². The van der Waals surface area contributed by atoms with Crippen molar-refractivity contribution in [1.29, 1.82) is 0 Å². The number of pyridine rings is 1. The van der Waals surface area contributed by atoms with Gasteiger partial charge in [-0.1, -0.05) is 17.7 Å². The van der Waals surface area contributed by atoms with Crippen LogP contribution in [0.25, 0.3) is 0 Å². The first-order valence-corrected chi connectivity index (χ1v) is 8.74. The van der Waals surface area contributed by atoms with Crippen molar-refractivity contribution in [3.63, 3.8) is 0 Å². The van der Waals surface area contributed by atoms with Gasteiger partial charge in [-0.3, -0.25) is 14.7 Å². The summed E-state index contributed by atoms with van der Waals surface area (Å²) >= 11 is 5.88. The van der Waals surface area contributed by atoms with E-state index in [1.807, 2.05) is 11.0 Å². The smallest absolute Gasteiger partial charge is 0.327 e. The van der Waals surface area contributed by atoms with E-state index in [2.05, 4.69) is 4.98 Å². The average Bonchev–Trinajstić information content (AvgIpc) is 2.69. The third-order valence-electron chi connectivity index (χ3n) is 4.48. The lowest BCUT2D eigenvalue weighted by molar-refractivity contribution is -0.148. The molecule has 1 atom stereocenters. The largest absolute Gasteiger partial charge is 0.468 e. The Bertz CT molecular complexity index is 759. The predicted octanol–water partition coefficient (Wildman–Crippen LogP) is 2.41. The van der Waals surface area contributed by atoms with Crippen LogP contribution in [0.1, 0.15) is 22.0 Å². The van der Waals surface area contributed by atoms with Gasteiger partial charge in [0.1, 0.15) is 6.04 Å². The van der Waals surface area contributed by atoms with E-state index >= 15 is 0 Å². The highest BCUT2D eigenvalue weighted by atomic mass is 35.5. The van der Waals surface area contributed by atoms with Crippen LogP contribution in [0.5, 0.6) is 0 Å². The van der Waals surface area contributed by atoms with Crippen LogP contribution in [0.3, 0.4) is 0 Å². The number of nitrogens with zero attached hydrogens (tertiary/aromatic N) is 3. The average molecular weight is 374 g/mol. The number of hydrogen-bond donors (Lipinski definition) is 0. The zero-order valence-corrected chi connectivity index (χ0v) is 15.2. The summed E-state index contributed by atoms with van der Waals surface area (Å²) in [6.07, 6.45) is 3.34. The SMILES string of the molecule is COC(=O)C(c1cccnc1)N1CCN(C(=O)c2ccc(Cl)cc2)CC1. The van der Waals surface area contributed by atoms with E-state index in [4.69, 9.17) is 16.3 Å². The molecule has 0 aliphatic carbocycles. The summed E-state index contributed by atoms with van der Waals surface area (Å²) < 4.78 is 4.97. The normalized spacial score (nSPS) is 16.2. The molecule has 0 radical (unpaired) electrons. The van der Waals surface area contributed by atoms with Gasteiger partial charge in [0, 0.05) is 49.2 Å². The number of rotatable bonds is 4. The summed E-state index contributed by atoms with van der Waals surface area (Å²) in [4.78, 5) is 32.8. The molecule has 0 bridgehead atoms. The van der Waals surface area contributed by atoms with E-state index in [1.165, 1.54) is 7.11 Å². The highest BCUT2D eigenvalue weighted by Crippen LogP contribution is 2.23. The van der Waals surface area contributed by atoms with Gasteiger partial charge in [0.2, 0.25) is 0 Å². The maximum absolute atomic E-state index is 12.6. The second-order valence-electron chi connectivity index (χ2n) is 6.05. The number of ether oxygens (including phenoxy) is 1. The second-order valence-corrected chi connectivity index (χ2v) is 6.48. The minimum atomic E-state index is -0.513. The molecule has 0 saturated carbocycles. The van der Waals surface area contributed by atoms with Crippen molar-refractivity contribution in [1.82, 2.24) is 14.8 Å². The molecule has 1 aromatic carbocycles. The Labute approximate surface area is 157 Å². The van der Waals surface area contributed by atoms with Crippen LogP contribution in [-0.4, -0.2) is 59.9 Å². The summed E-state index contributed by atoms with van der Waals surface area (Å²) in [5.41, 5.74) is 1.40. The Kier molecular flexibility index (Phi) is 5.85. The number of benzene rings is 1. The number of piperazine rings is 1. The molecule has 136 valence electrons. The van der Waals surface area contributed by atoms with E-state index in [0.717, 1.165) is 5.56 Å². The third-order valence-corrected chi connectivity index (χ3v) is 4.73. The van der Waals surface area contributed by atoms with E-state index in [-0.39, 0.29) is 11.9 Å². The maximum atomic E-state index is 12.6. The maximum Gasteiger partial charge on any atom is 0.327 e. The zero-order valence-electron chi connectivity index (χ0n) is 14.5. The second kappa shape index (κ2) is 8.29. The number of hydrogen-bond acceptors (Lipinski definition) is 5. The van der Waals surface area contributed by atoms with Gasteiger partial charge in [-0.05, 0) is 35.9 Å². The minimum Gasteiger partial charge on any atom is -0.468 e. The van der Waals surface area contributed by atoms with Gasteiger partial charge in [0.15, 0.2) is 0 Å². The molecule has 1 unspecified atom stereocenters. The number of aromatic nitrogens is 1. The fourth-order valence-corrected chi connectivity index (χ4v) is 3.23. The molecular weight excluding hydrogens is 354 g/mol. The Hall–Kier alpha value is -2.44. The first-order valence-electron chi connectivity index (χ1n) is 8.37. The molecule has 1 saturated heterocycles. The van der Waals surface area contributed by atoms with Crippen molar-refractivity contribution in [2.75, 3.05) is 33.3 Å². The Morgan fingerprint density at radius 3 is 2.38 bits per heavy atom. The summed E-state index contributed by atoms with van der Waals surface area (Å²) in [6.45, 7) is 2.23. The minimum absolute atomic E-state index is 0.0303. The van der Waals surface area contributed by atoms with Crippen molar-refractivity contribution in [2.24, 2.45) is 0 Å². The lowest BCUT2D eigenvalue weighted by Crippen LogP contribution is -2.51. The van der Waals surface area contributed by atoms with Crippen molar-refractivity contribution < 1.29 is 14.3 Å². The highest BCUT2D eigenvalue weighted by molar-refractivity contribution is 6.30. The molecule has 6 nitrogen and oxygen atoms in total. The van der Waals surface area contributed by atoms with Crippen molar-refractivity contribution in [2.45, 2.75) is 6.04 Å². The lowest BCUT2D eigenvalue weighted by atomic mass is 10.1. The molecule has 1 aromatic heterocycles. The van der Waals surface area contributed by atoms with Crippen LogP contribution in [0.2, 0.25) is 5.02 Å². The Balaban J connectivity index is 1.69. The fourth-order valence-electron chi connectivity index (χ4n) is 3.10. The molecule has 2 heterocycles. The summed E-state index contributed by atoms with van der Waals surface area (Å²) in [5, 5.41) is 0.601. The number of methoxy groups -OCH3 is 1. The number of carbonyl (C=O) groups is 2. The van der Waals surface area contributed by atoms with Crippen molar-refractivity contribution in [3.8, 4) is 0 Å². The molecule has 2 aromatic rings. The van der Waals surface area contributed by atoms with Crippen LogP contribution >= 0.6 is 11.6 Å². The van der Waals surface area contributed by atoms with Gasteiger partial charge in [-0.2, -0.15) is 0 Å². The van der Waals surface area contributed by atoms with Crippen LogP contribution in [-0.2, 0) is 9.53 Å². The topological polar surface area (TPSA) is 62.7 Å². The lowest BCUT2D eigenvalue weighted by Gasteiger charge is -2.38. The third kappa shape index (κ3) is 4.03. The van der Waals surface area contributed by atoms with E-state index in [0.29, 0.717) is 36.8 Å². The van der Waals surface area contributed by atoms with Crippen molar-refractivity contribution in [3.05, 3.63) is 64.9 Å². The molecule has 1 amide bonds. The van der Waals surface area contributed by atoms with E-state index in [1.54, 1.807) is 47.6 Å². The van der Waals surface area contributed by atoms with Gasteiger partial charge in [-0.15, -0.1) is 0 Å². The summed E-state index contributed by atoms with van der Waals surface area (Å²) in [5.74, 6) is -0.354. The van der Waals surface area contributed by atoms with Crippen LogP contribution in [0.15, 0.2) is 48.8 Å². The van der Waals surface area contributed by atoms with Gasteiger partial charge in [0.05, 0.1) is 7.11 Å². The van der Waals surface area contributed by atoms with Gasteiger partial charge in [0.25, 0.3) is 5.91 Å². The molecule has 1 aliphatic heterocycles. The predicted molar refractivity (Wildman–Crippen MR) is 97.9 cm³/mol. The first-order chi connectivity index (χ1) is 12.6. The van der Waals surface area contributed by atoms with Crippen LogP contribution in [0, 0.1) is 0 Å². The zero-order chi connectivity index (χ0) is 18.5. The summed E-state index contributed by atoms with van der Waals surface area (Å²) in [7, 11) is 1.38. The van der Waals surface area contributed by atoms with Crippen LogP contribution < -0.4 is 0 Å². The molecule has 1 aliphatic rings. The first kappa shape index (κ1) is 18.4. The summed E-state index contributed by atoms with van der Waals surface area (Å²) in [6, 6.07) is 10.0.